The molecule has 0 atom stereocenters. The molecule has 3 aromatic carbocycles. The molecule has 2 aliphatic heterocycles. The van der Waals surface area contributed by atoms with Gasteiger partial charge in [-0.1, -0.05) is 49.0 Å². The number of nitrogen functional groups attached to an aromatic ring is 1. The van der Waals surface area contributed by atoms with Crippen molar-refractivity contribution in [2.24, 2.45) is 0 Å². The molecule has 0 unspecified atom stereocenters. The van der Waals surface area contributed by atoms with Crippen LogP contribution < -0.4 is 20.5 Å². The molecule has 4 heterocycles. The third kappa shape index (κ3) is 4.77. The van der Waals surface area contributed by atoms with E-state index in [0.717, 1.165) is 11.1 Å². The van der Waals surface area contributed by atoms with E-state index in [1.807, 2.05) is 53.2 Å². The highest BCUT2D eigenvalue weighted by Crippen LogP contribution is 2.49. The van der Waals surface area contributed by atoms with Crippen LogP contribution in [-0.2, 0) is 4.79 Å². The van der Waals surface area contributed by atoms with E-state index >= 15 is 0 Å². The van der Waals surface area contributed by atoms with Crippen molar-refractivity contribution in [2.75, 3.05) is 30.9 Å². The number of ether oxygens (including phenoxy) is 2. The number of amides is 2. The van der Waals surface area contributed by atoms with Gasteiger partial charge in [-0.15, -0.1) is 0 Å². The molecular formula is C33H29N7O4. The Balaban J connectivity index is 1.22. The minimum Gasteiger partial charge on any atom is -0.453 e. The van der Waals surface area contributed by atoms with Crippen molar-refractivity contribution in [3.8, 4) is 33.9 Å². The number of likely N-dealkylation sites (tertiary alicyclic amines) is 1. The van der Waals surface area contributed by atoms with E-state index in [9.17, 15) is 9.59 Å². The predicted octanol–water partition coefficient (Wildman–Crippen LogP) is 5.07. The molecule has 0 spiro atoms. The lowest BCUT2D eigenvalue weighted by atomic mass is 10.0. The molecule has 44 heavy (non-hydrogen) atoms. The minimum atomic E-state index is -0.274. The number of benzene rings is 3. The van der Waals surface area contributed by atoms with Gasteiger partial charge in [0, 0.05) is 24.2 Å². The van der Waals surface area contributed by atoms with E-state index in [4.69, 9.17) is 20.3 Å². The van der Waals surface area contributed by atoms with E-state index in [1.54, 1.807) is 23.1 Å². The molecule has 0 aliphatic carbocycles. The number of nitrogens with two attached hydrogens (primary N) is 1. The third-order valence-corrected chi connectivity index (χ3v) is 8.10. The highest BCUT2D eigenvalue weighted by atomic mass is 16.7. The Kier molecular flexibility index (Phi) is 6.89. The Morgan fingerprint density at radius 2 is 1.66 bits per heavy atom. The van der Waals surface area contributed by atoms with Crippen LogP contribution in [0.3, 0.4) is 0 Å². The number of nitrogens with zero attached hydrogens (tertiary/aromatic N) is 5. The zero-order valence-electron chi connectivity index (χ0n) is 23.8. The summed E-state index contributed by atoms with van der Waals surface area (Å²) >= 11 is 0. The van der Waals surface area contributed by atoms with Crippen LogP contribution in [0.25, 0.3) is 33.4 Å². The third-order valence-electron chi connectivity index (χ3n) is 8.10. The first kappa shape index (κ1) is 27.1. The molecule has 220 valence electrons. The van der Waals surface area contributed by atoms with Crippen molar-refractivity contribution in [3.05, 3.63) is 91.3 Å². The van der Waals surface area contributed by atoms with Gasteiger partial charge >= 0.3 is 0 Å². The fourth-order valence-electron chi connectivity index (χ4n) is 5.86. The van der Waals surface area contributed by atoms with Gasteiger partial charge in [-0.05, 0) is 54.3 Å². The molecular weight excluding hydrogens is 558 g/mol. The quantitative estimate of drug-likeness (QED) is 0.263. The van der Waals surface area contributed by atoms with E-state index in [1.165, 1.54) is 12.4 Å². The molecule has 1 fully saturated rings. The molecule has 11 nitrogen and oxygen atoms in total. The fraction of sp³-hybridized carbons (Fsp3) is 0.182. The molecule has 2 amide bonds. The summed E-state index contributed by atoms with van der Waals surface area (Å²) in [5.41, 5.74) is 11.3. The first-order valence-corrected chi connectivity index (χ1v) is 14.3. The first-order chi connectivity index (χ1) is 21.5. The van der Waals surface area contributed by atoms with Crippen molar-refractivity contribution in [3.63, 3.8) is 0 Å². The van der Waals surface area contributed by atoms with Crippen LogP contribution in [-0.4, -0.2) is 56.3 Å². The van der Waals surface area contributed by atoms with Gasteiger partial charge in [-0.3, -0.25) is 14.3 Å². The molecule has 0 saturated carbocycles. The number of anilines is 2. The molecule has 0 bridgehead atoms. The summed E-state index contributed by atoms with van der Waals surface area (Å²) in [5.74, 6) is 0.813. The van der Waals surface area contributed by atoms with Crippen LogP contribution in [0.5, 0.6) is 11.5 Å². The number of nitrogens with one attached hydrogen (secondary N) is 1. The normalized spacial score (nSPS) is 14.5. The molecule has 2 aliphatic rings. The van der Waals surface area contributed by atoms with Crippen LogP contribution in [0.15, 0.2) is 85.7 Å². The maximum atomic E-state index is 13.3. The number of hydrogen-bond donors (Lipinski definition) is 2. The molecule has 11 heteroatoms. The second kappa shape index (κ2) is 11.2. The van der Waals surface area contributed by atoms with Crippen LogP contribution in [0.4, 0.5) is 11.5 Å². The summed E-state index contributed by atoms with van der Waals surface area (Å²) < 4.78 is 13.8. The van der Waals surface area contributed by atoms with Gasteiger partial charge < -0.3 is 25.4 Å². The Hall–Kier alpha value is -5.71. The molecule has 7 rings (SSSR count). The largest absolute Gasteiger partial charge is 0.453 e. The summed E-state index contributed by atoms with van der Waals surface area (Å²) in [6.45, 7) is 4.73. The Bertz CT molecular complexity index is 1900. The first-order valence-electron chi connectivity index (χ1n) is 14.3. The van der Waals surface area contributed by atoms with E-state index < -0.39 is 0 Å². The summed E-state index contributed by atoms with van der Waals surface area (Å²) in [5, 5.41) is 8.40. The second-order valence-electron chi connectivity index (χ2n) is 10.6. The molecule has 5 aromatic rings. The van der Waals surface area contributed by atoms with Gasteiger partial charge in [0.1, 0.15) is 12.1 Å². The molecule has 2 aromatic heterocycles. The van der Waals surface area contributed by atoms with Crippen molar-refractivity contribution in [1.82, 2.24) is 24.6 Å². The van der Waals surface area contributed by atoms with Crippen molar-refractivity contribution < 1.29 is 19.1 Å². The average Bonchev–Trinajstić information content (AvgIpc) is 3.72. The van der Waals surface area contributed by atoms with E-state index in [2.05, 4.69) is 21.9 Å². The number of rotatable bonds is 6. The van der Waals surface area contributed by atoms with Crippen LogP contribution in [0.1, 0.15) is 29.2 Å². The van der Waals surface area contributed by atoms with Gasteiger partial charge in [0.05, 0.1) is 22.8 Å². The average molecular weight is 588 g/mol. The Morgan fingerprint density at radius 3 is 2.41 bits per heavy atom. The standard InChI is InChI=1S/C33H29N7O4/c1-2-26(41)39-16-14-23(15-17-39)40-28(27-31(34)35-18-36-32(27)38-40)24-12-13-25(30-29(24)43-19-44-30)37-33(42)22-10-8-21(9-11-22)20-6-4-3-5-7-20/h2-13,18,23H,1,14-17,19H2,(H,37,42)(H2,34,35,36,38). The van der Waals surface area contributed by atoms with Gasteiger partial charge in [-0.25, -0.2) is 9.97 Å². The number of hydrogen-bond acceptors (Lipinski definition) is 8. The van der Waals surface area contributed by atoms with Gasteiger partial charge in [0.2, 0.25) is 12.7 Å². The van der Waals surface area contributed by atoms with E-state index in [0.29, 0.717) is 76.8 Å². The lowest BCUT2D eigenvalue weighted by molar-refractivity contribution is -0.127. The van der Waals surface area contributed by atoms with Gasteiger partial charge in [0.25, 0.3) is 5.91 Å². The number of piperidine rings is 1. The summed E-state index contributed by atoms with van der Waals surface area (Å²) in [4.78, 5) is 35.8. The smallest absolute Gasteiger partial charge is 0.255 e. The molecule has 0 radical (unpaired) electrons. The monoisotopic (exact) mass is 587 g/mol. The maximum absolute atomic E-state index is 13.3. The topological polar surface area (TPSA) is 137 Å². The second-order valence-corrected chi connectivity index (χ2v) is 10.6. The lowest BCUT2D eigenvalue weighted by Gasteiger charge is -2.32. The van der Waals surface area contributed by atoms with Gasteiger partial charge in [0.15, 0.2) is 17.1 Å². The van der Waals surface area contributed by atoms with Crippen molar-refractivity contribution in [2.45, 2.75) is 18.9 Å². The van der Waals surface area contributed by atoms with Crippen LogP contribution in [0.2, 0.25) is 0 Å². The molecule has 3 N–H and O–H groups in total. The van der Waals surface area contributed by atoms with Crippen molar-refractivity contribution >= 4 is 34.4 Å². The Morgan fingerprint density at radius 1 is 0.932 bits per heavy atom. The number of carbonyl (C=O) groups is 2. The number of aromatic nitrogens is 4. The number of carbonyl (C=O) groups excluding carboxylic acids is 2. The van der Waals surface area contributed by atoms with Gasteiger partial charge in [-0.2, -0.15) is 5.10 Å². The SMILES string of the molecule is C=CC(=O)N1CCC(n2nc3ncnc(N)c3c2-c2ccc(NC(=O)c3ccc(-c4ccccc4)cc3)c3c2OCO3)CC1. The summed E-state index contributed by atoms with van der Waals surface area (Å²) in [7, 11) is 0. The van der Waals surface area contributed by atoms with Crippen molar-refractivity contribution in [1.29, 1.82) is 0 Å². The predicted molar refractivity (Wildman–Crippen MR) is 166 cm³/mol. The van der Waals surface area contributed by atoms with Crippen LogP contribution >= 0.6 is 0 Å². The zero-order chi connectivity index (χ0) is 30.2. The summed E-state index contributed by atoms with van der Waals surface area (Å²) in [6, 6.07) is 21.0. The number of fused-ring (bicyclic) bond motifs is 2. The van der Waals surface area contributed by atoms with Crippen LogP contribution in [0, 0.1) is 0 Å². The zero-order valence-corrected chi connectivity index (χ0v) is 23.8. The Labute approximate surface area is 252 Å². The lowest BCUT2D eigenvalue weighted by Crippen LogP contribution is -2.38. The van der Waals surface area contributed by atoms with E-state index in [-0.39, 0.29) is 24.6 Å². The highest BCUT2D eigenvalue weighted by Gasteiger charge is 2.32. The molecule has 1 saturated heterocycles. The fourth-order valence-corrected chi connectivity index (χ4v) is 5.86. The minimum absolute atomic E-state index is 0.0128. The maximum Gasteiger partial charge on any atom is 0.255 e. The highest BCUT2D eigenvalue weighted by molar-refractivity contribution is 6.07. The summed E-state index contributed by atoms with van der Waals surface area (Å²) in [6.07, 6.45) is 4.10.